The molecule has 0 bridgehead atoms. The summed E-state index contributed by atoms with van der Waals surface area (Å²) in [6.45, 7) is 4.48. The predicted octanol–water partition coefficient (Wildman–Crippen LogP) is 3.72. The number of benzene rings is 1. The minimum absolute atomic E-state index is 0.256. The molecule has 1 N–H and O–H groups in total. The quantitative estimate of drug-likeness (QED) is 0.750. The van der Waals surface area contributed by atoms with Gasteiger partial charge in [-0.2, -0.15) is 0 Å². The molecule has 3 atom stereocenters. The Morgan fingerprint density at radius 2 is 2.12 bits per heavy atom. The van der Waals surface area contributed by atoms with Crippen LogP contribution < -0.4 is 0 Å². The van der Waals surface area contributed by atoms with Crippen molar-refractivity contribution in [3.05, 3.63) is 35.4 Å². The molecule has 16 heavy (non-hydrogen) atoms. The van der Waals surface area contributed by atoms with Crippen LogP contribution in [0.1, 0.15) is 50.3 Å². The Kier molecular flexibility index (Phi) is 3.65. The average Bonchev–Trinajstić information content (AvgIpc) is 2.49. The van der Waals surface area contributed by atoms with Crippen molar-refractivity contribution in [3.63, 3.8) is 0 Å². The fraction of sp³-hybridized carbons (Fsp3) is 0.600. The maximum atomic E-state index is 10.5. The summed E-state index contributed by atoms with van der Waals surface area (Å²) in [6.07, 6.45) is 4.39. The molecule has 0 radical (unpaired) electrons. The van der Waals surface area contributed by atoms with E-state index in [4.69, 9.17) is 0 Å². The lowest BCUT2D eigenvalue weighted by Crippen LogP contribution is -2.19. The molecule has 1 aromatic carbocycles. The minimum Gasteiger partial charge on any atom is -0.388 e. The van der Waals surface area contributed by atoms with E-state index in [1.165, 1.54) is 17.5 Å². The highest BCUT2D eigenvalue weighted by Gasteiger charge is 2.28. The Hall–Kier alpha value is -0.820. The summed E-state index contributed by atoms with van der Waals surface area (Å²) in [7, 11) is 0. The van der Waals surface area contributed by atoms with Crippen LogP contribution in [0.25, 0.3) is 0 Å². The third kappa shape index (κ3) is 2.15. The van der Waals surface area contributed by atoms with E-state index in [-0.39, 0.29) is 6.10 Å². The second-order valence-electron chi connectivity index (χ2n) is 5.09. The van der Waals surface area contributed by atoms with Crippen molar-refractivity contribution >= 4 is 0 Å². The Morgan fingerprint density at radius 3 is 2.88 bits per heavy atom. The lowest BCUT2D eigenvalue weighted by Gasteiger charge is -2.27. The van der Waals surface area contributed by atoms with Crippen LogP contribution in [0.5, 0.6) is 0 Å². The van der Waals surface area contributed by atoms with E-state index in [0.29, 0.717) is 11.8 Å². The van der Waals surface area contributed by atoms with E-state index in [0.717, 1.165) is 19.3 Å². The summed E-state index contributed by atoms with van der Waals surface area (Å²) in [4.78, 5) is 0. The fourth-order valence-electron chi connectivity index (χ4n) is 2.87. The largest absolute Gasteiger partial charge is 0.388 e. The zero-order valence-electron chi connectivity index (χ0n) is 10.3. The van der Waals surface area contributed by atoms with Crippen LogP contribution in [-0.2, 0) is 6.42 Å². The summed E-state index contributed by atoms with van der Waals surface area (Å²) < 4.78 is 0. The van der Waals surface area contributed by atoms with Gasteiger partial charge in [-0.3, -0.25) is 0 Å². The highest BCUT2D eigenvalue weighted by Crippen LogP contribution is 2.38. The molecule has 2 rings (SSSR count). The molecule has 0 fully saturated rings. The van der Waals surface area contributed by atoms with Crippen molar-refractivity contribution in [3.8, 4) is 0 Å². The number of aliphatic hydroxyl groups excluding tert-OH is 1. The summed E-state index contributed by atoms with van der Waals surface area (Å²) in [6, 6.07) is 8.38. The monoisotopic (exact) mass is 218 g/mol. The molecule has 0 aromatic heterocycles. The van der Waals surface area contributed by atoms with Crippen molar-refractivity contribution < 1.29 is 5.11 Å². The average molecular weight is 218 g/mol. The van der Waals surface area contributed by atoms with Gasteiger partial charge in [0.05, 0.1) is 6.10 Å². The van der Waals surface area contributed by atoms with Gasteiger partial charge in [0.1, 0.15) is 0 Å². The summed E-state index contributed by atoms with van der Waals surface area (Å²) in [5.41, 5.74) is 2.52. The summed E-state index contributed by atoms with van der Waals surface area (Å²) in [5, 5.41) is 10.5. The van der Waals surface area contributed by atoms with Crippen molar-refractivity contribution in [1.82, 2.24) is 0 Å². The normalized spacial score (nSPS) is 26.9. The number of hydrogen-bond donors (Lipinski definition) is 1. The van der Waals surface area contributed by atoms with Gasteiger partial charge >= 0.3 is 0 Å². The highest BCUT2D eigenvalue weighted by atomic mass is 16.3. The van der Waals surface area contributed by atoms with Crippen LogP contribution in [0.15, 0.2) is 24.3 Å². The first-order chi connectivity index (χ1) is 7.74. The molecule has 0 heterocycles. The maximum absolute atomic E-state index is 10.5. The van der Waals surface area contributed by atoms with E-state index in [9.17, 15) is 5.11 Å². The Bertz CT molecular complexity index is 345. The van der Waals surface area contributed by atoms with E-state index in [2.05, 4.69) is 32.0 Å². The second-order valence-corrected chi connectivity index (χ2v) is 5.09. The predicted molar refractivity (Wildman–Crippen MR) is 67.3 cm³/mol. The van der Waals surface area contributed by atoms with E-state index < -0.39 is 0 Å². The van der Waals surface area contributed by atoms with Gasteiger partial charge in [-0.05, 0) is 42.2 Å². The van der Waals surface area contributed by atoms with Crippen molar-refractivity contribution in [2.45, 2.75) is 45.6 Å². The molecule has 0 saturated carbocycles. The molecule has 1 aliphatic carbocycles. The lowest BCUT2D eigenvalue weighted by atomic mass is 9.82. The first-order valence-corrected chi connectivity index (χ1v) is 6.50. The smallest absolute Gasteiger partial charge is 0.0823 e. The van der Waals surface area contributed by atoms with Gasteiger partial charge in [0, 0.05) is 0 Å². The lowest BCUT2D eigenvalue weighted by molar-refractivity contribution is 0.0716. The van der Waals surface area contributed by atoms with E-state index in [1.54, 1.807) is 0 Å². The molecule has 0 amide bonds. The molecule has 88 valence electrons. The third-order valence-electron chi connectivity index (χ3n) is 4.14. The van der Waals surface area contributed by atoms with Crippen LogP contribution in [0.2, 0.25) is 0 Å². The summed E-state index contributed by atoms with van der Waals surface area (Å²) in [5.74, 6) is 1.05. The van der Waals surface area contributed by atoms with Crippen LogP contribution >= 0.6 is 0 Å². The van der Waals surface area contributed by atoms with E-state index in [1.807, 2.05) is 6.07 Å². The topological polar surface area (TPSA) is 20.2 Å². The number of aliphatic hydroxyl groups is 1. The number of hydrogen-bond acceptors (Lipinski definition) is 1. The number of aryl methyl sites for hydroxylation is 1. The van der Waals surface area contributed by atoms with Crippen LogP contribution in [0.4, 0.5) is 0 Å². The van der Waals surface area contributed by atoms with Gasteiger partial charge in [0.15, 0.2) is 0 Å². The standard InChI is InChI=1S/C15H22O/c1-3-11(2)13-10-6-8-12-7-4-5-9-14(12)15(13)16/h4-5,7,9,11,13,15-16H,3,6,8,10H2,1-2H3. The maximum Gasteiger partial charge on any atom is 0.0823 e. The Balaban J connectivity index is 2.29. The van der Waals surface area contributed by atoms with Gasteiger partial charge < -0.3 is 5.11 Å². The van der Waals surface area contributed by atoms with Gasteiger partial charge in [-0.25, -0.2) is 0 Å². The number of rotatable bonds is 2. The van der Waals surface area contributed by atoms with Gasteiger partial charge in [0.25, 0.3) is 0 Å². The Morgan fingerprint density at radius 1 is 1.38 bits per heavy atom. The molecule has 3 unspecified atom stereocenters. The molecule has 1 heteroatoms. The molecule has 0 aliphatic heterocycles. The van der Waals surface area contributed by atoms with Crippen LogP contribution in [0.3, 0.4) is 0 Å². The first-order valence-electron chi connectivity index (χ1n) is 6.50. The molecule has 0 saturated heterocycles. The van der Waals surface area contributed by atoms with Crippen molar-refractivity contribution in [2.24, 2.45) is 11.8 Å². The fourth-order valence-corrected chi connectivity index (χ4v) is 2.87. The van der Waals surface area contributed by atoms with Crippen LogP contribution in [0, 0.1) is 11.8 Å². The number of fused-ring (bicyclic) bond motifs is 1. The SMILES string of the molecule is CCC(C)C1CCCc2ccccc2C1O. The molecule has 1 aliphatic rings. The second kappa shape index (κ2) is 5.01. The van der Waals surface area contributed by atoms with Gasteiger partial charge in [-0.1, -0.05) is 44.5 Å². The van der Waals surface area contributed by atoms with Crippen molar-refractivity contribution in [2.75, 3.05) is 0 Å². The highest BCUT2D eigenvalue weighted by molar-refractivity contribution is 5.30. The zero-order chi connectivity index (χ0) is 11.5. The summed E-state index contributed by atoms with van der Waals surface area (Å²) >= 11 is 0. The van der Waals surface area contributed by atoms with Crippen molar-refractivity contribution in [1.29, 1.82) is 0 Å². The van der Waals surface area contributed by atoms with Crippen LogP contribution in [-0.4, -0.2) is 5.11 Å². The first kappa shape index (κ1) is 11.7. The third-order valence-corrected chi connectivity index (χ3v) is 4.14. The van der Waals surface area contributed by atoms with Gasteiger partial charge in [-0.15, -0.1) is 0 Å². The molecule has 1 nitrogen and oxygen atoms in total. The molecule has 0 spiro atoms. The molecular weight excluding hydrogens is 196 g/mol. The zero-order valence-corrected chi connectivity index (χ0v) is 10.3. The Labute approximate surface area is 98.5 Å². The van der Waals surface area contributed by atoms with Gasteiger partial charge in [0.2, 0.25) is 0 Å². The minimum atomic E-state index is -0.256. The van der Waals surface area contributed by atoms with E-state index >= 15 is 0 Å². The molecule has 1 aromatic rings. The molecular formula is C15H22O.